The zero-order valence-corrected chi connectivity index (χ0v) is 15.6. The molecule has 2 aliphatic heterocycles. The van der Waals surface area contributed by atoms with Crippen LogP contribution >= 0.6 is 15.9 Å². The van der Waals surface area contributed by atoms with Crippen LogP contribution in [0.5, 0.6) is 5.75 Å². The molecular weight excluding hydrogens is 360 g/mol. The van der Waals surface area contributed by atoms with E-state index in [1.165, 1.54) is 0 Å². The Labute approximate surface area is 145 Å². The van der Waals surface area contributed by atoms with Gasteiger partial charge in [0.15, 0.2) is 11.9 Å². The van der Waals surface area contributed by atoms with Crippen molar-refractivity contribution in [3.05, 3.63) is 28.2 Å². The van der Waals surface area contributed by atoms with Gasteiger partial charge in [-0.1, -0.05) is 29.8 Å². The molecule has 0 amide bonds. The van der Waals surface area contributed by atoms with E-state index in [9.17, 15) is 0 Å². The molecule has 0 bridgehead atoms. The Hall–Kier alpha value is -0.620. The van der Waals surface area contributed by atoms with Gasteiger partial charge in [-0.2, -0.15) is 0 Å². The second-order valence-electron chi connectivity index (χ2n) is 8.09. The minimum atomic E-state index is -0.777. The summed E-state index contributed by atoms with van der Waals surface area (Å²) in [6.45, 7) is 8.92. The monoisotopic (exact) mass is 382 g/mol. The number of fused-ring (bicyclic) bond motifs is 3. The fourth-order valence-corrected chi connectivity index (χ4v) is 4.55. The van der Waals surface area contributed by atoms with Crippen LogP contribution in [0.2, 0.25) is 0 Å². The number of rotatable bonds is 0. The summed E-state index contributed by atoms with van der Waals surface area (Å²) in [5, 5.41) is 0. The number of hydrogen-bond donors (Lipinski definition) is 0. The average molecular weight is 383 g/mol. The summed E-state index contributed by atoms with van der Waals surface area (Å²) in [6.07, 6.45) is 1.52. The van der Waals surface area contributed by atoms with Crippen molar-refractivity contribution in [3.8, 4) is 5.75 Å². The quantitative estimate of drug-likeness (QED) is 0.666. The van der Waals surface area contributed by atoms with E-state index in [1.807, 2.05) is 32.0 Å². The summed E-state index contributed by atoms with van der Waals surface area (Å²) >= 11 is 3.50. The van der Waals surface area contributed by atoms with E-state index < -0.39 is 11.6 Å². The normalized spacial score (nSPS) is 37.1. The van der Waals surface area contributed by atoms with Crippen molar-refractivity contribution in [3.63, 3.8) is 0 Å². The van der Waals surface area contributed by atoms with Crippen LogP contribution in [0.25, 0.3) is 0 Å². The second kappa shape index (κ2) is 4.94. The van der Waals surface area contributed by atoms with Gasteiger partial charge in [-0.25, -0.2) is 0 Å². The molecule has 0 N–H and O–H groups in total. The molecule has 1 aliphatic carbocycles. The van der Waals surface area contributed by atoms with Gasteiger partial charge >= 0.3 is 0 Å². The first-order valence-electron chi connectivity index (χ1n) is 8.15. The van der Waals surface area contributed by atoms with Crippen molar-refractivity contribution in [2.75, 3.05) is 0 Å². The summed E-state index contributed by atoms with van der Waals surface area (Å²) in [7, 11) is 0. The maximum absolute atomic E-state index is 6.41. The van der Waals surface area contributed by atoms with Gasteiger partial charge in [0.2, 0.25) is 5.79 Å². The van der Waals surface area contributed by atoms with Crippen molar-refractivity contribution in [1.82, 2.24) is 0 Å². The molecule has 3 atom stereocenters. The SMILES string of the molecule is CC1(C)C[C@H]2OC(C)(C)O[C@H]2[C@]2(C1)OCc1cc(Br)ccc1O2. The first-order chi connectivity index (χ1) is 10.7. The smallest absolute Gasteiger partial charge is 0.240 e. The van der Waals surface area contributed by atoms with E-state index in [-0.39, 0.29) is 17.6 Å². The van der Waals surface area contributed by atoms with Crippen LogP contribution in [0.1, 0.15) is 46.1 Å². The highest BCUT2D eigenvalue weighted by Crippen LogP contribution is 2.52. The van der Waals surface area contributed by atoms with Gasteiger partial charge in [0, 0.05) is 16.5 Å². The van der Waals surface area contributed by atoms with Crippen LogP contribution in [0.3, 0.4) is 0 Å². The Morgan fingerprint density at radius 2 is 1.91 bits per heavy atom. The van der Waals surface area contributed by atoms with Crippen molar-refractivity contribution >= 4 is 15.9 Å². The highest BCUT2D eigenvalue weighted by Gasteiger charge is 2.62. The molecule has 1 aromatic carbocycles. The zero-order chi connectivity index (χ0) is 16.5. The van der Waals surface area contributed by atoms with Crippen LogP contribution in [-0.4, -0.2) is 23.8 Å². The van der Waals surface area contributed by atoms with E-state index >= 15 is 0 Å². The van der Waals surface area contributed by atoms with Gasteiger partial charge in [0.05, 0.1) is 12.7 Å². The molecule has 2 heterocycles. The number of ether oxygens (including phenoxy) is 4. The van der Waals surface area contributed by atoms with E-state index in [2.05, 4.69) is 29.8 Å². The number of benzene rings is 1. The Balaban J connectivity index is 1.72. The van der Waals surface area contributed by atoms with Gasteiger partial charge in [-0.05, 0) is 43.9 Å². The maximum Gasteiger partial charge on any atom is 0.240 e. The van der Waals surface area contributed by atoms with Crippen LogP contribution in [0.4, 0.5) is 0 Å². The molecule has 23 heavy (non-hydrogen) atoms. The van der Waals surface area contributed by atoms with Crippen LogP contribution in [-0.2, 0) is 20.8 Å². The molecule has 1 spiro atoms. The molecule has 1 aromatic rings. The number of halogens is 1. The topological polar surface area (TPSA) is 36.9 Å². The third-order valence-electron chi connectivity index (χ3n) is 4.87. The molecule has 4 rings (SSSR count). The van der Waals surface area contributed by atoms with Gasteiger partial charge in [0.25, 0.3) is 0 Å². The molecule has 1 saturated heterocycles. The molecular formula is C18H23BrO4. The highest BCUT2D eigenvalue weighted by molar-refractivity contribution is 9.10. The third kappa shape index (κ3) is 2.72. The maximum atomic E-state index is 6.41. The predicted molar refractivity (Wildman–Crippen MR) is 89.1 cm³/mol. The zero-order valence-electron chi connectivity index (χ0n) is 14.0. The van der Waals surface area contributed by atoms with Crippen molar-refractivity contribution in [2.45, 2.75) is 70.9 Å². The van der Waals surface area contributed by atoms with E-state index in [0.717, 1.165) is 28.6 Å². The lowest BCUT2D eigenvalue weighted by molar-refractivity contribution is -0.295. The molecule has 5 heteroatoms. The van der Waals surface area contributed by atoms with Crippen molar-refractivity contribution in [1.29, 1.82) is 0 Å². The molecule has 3 aliphatic rings. The fourth-order valence-electron chi connectivity index (χ4n) is 4.15. The second-order valence-corrected chi connectivity index (χ2v) is 9.01. The molecule has 2 fully saturated rings. The van der Waals surface area contributed by atoms with E-state index in [1.54, 1.807) is 0 Å². The molecule has 0 unspecified atom stereocenters. The minimum absolute atomic E-state index is 0.00857. The lowest BCUT2D eigenvalue weighted by Gasteiger charge is -2.50. The lowest BCUT2D eigenvalue weighted by atomic mass is 9.71. The lowest BCUT2D eigenvalue weighted by Crippen LogP contribution is -2.61. The van der Waals surface area contributed by atoms with Crippen LogP contribution < -0.4 is 4.74 Å². The first kappa shape index (κ1) is 15.9. The molecule has 126 valence electrons. The highest BCUT2D eigenvalue weighted by atomic mass is 79.9. The average Bonchev–Trinajstić information content (AvgIpc) is 2.73. The Kier molecular flexibility index (Phi) is 3.41. The largest absolute Gasteiger partial charge is 0.459 e. The van der Waals surface area contributed by atoms with Gasteiger partial charge < -0.3 is 18.9 Å². The van der Waals surface area contributed by atoms with Gasteiger partial charge in [-0.15, -0.1) is 0 Å². The molecule has 1 saturated carbocycles. The van der Waals surface area contributed by atoms with Crippen LogP contribution in [0, 0.1) is 5.41 Å². The van der Waals surface area contributed by atoms with Gasteiger partial charge in [-0.3, -0.25) is 0 Å². The molecule has 0 radical (unpaired) electrons. The third-order valence-corrected chi connectivity index (χ3v) is 5.37. The van der Waals surface area contributed by atoms with E-state index in [0.29, 0.717) is 6.61 Å². The van der Waals surface area contributed by atoms with Crippen molar-refractivity contribution in [2.24, 2.45) is 5.41 Å². The van der Waals surface area contributed by atoms with Gasteiger partial charge in [0.1, 0.15) is 5.75 Å². The summed E-state index contributed by atoms with van der Waals surface area (Å²) in [5.74, 6) is -0.500. The Bertz CT molecular complexity index is 642. The van der Waals surface area contributed by atoms with Crippen LogP contribution in [0.15, 0.2) is 22.7 Å². The summed E-state index contributed by atoms with van der Waals surface area (Å²) < 4.78 is 26.1. The minimum Gasteiger partial charge on any atom is -0.459 e. The Morgan fingerprint density at radius 3 is 2.70 bits per heavy atom. The first-order valence-corrected chi connectivity index (χ1v) is 8.95. The molecule has 0 aromatic heterocycles. The Morgan fingerprint density at radius 1 is 1.13 bits per heavy atom. The fraction of sp³-hybridized carbons (Fsp3) is 0.667. The standard InChI is InChI=1S/C18H23BrO4/c1-16(2)8-14-15(23-17(3,4)21-14)18(10-16)20-9-11-7-12(19)5-6-13(11)22-18/h5-7,14-15H,8-10H2,1-4H3/t14-,15-,18-/m1/s1. The number of hydrogen-bond acceptors (Lipinski definition) is 4. The van der Waals surface area contributed by atoms with E-state index in [4.69, 9.17) is 18.9 Å². The summed E-state index contributed by atoms with van der Waals surface area (Å²) in [5.41, 5.74) is 1.13. The predicted octanol–water partition coefficient (Wildman–Crippen LogP) is 4.39. The summed E-state index contributed by atoms with van der Waals surface area (Å²) in [4.78, 5) is 0. The molecule has 4 nitrogen and oxygen atoms in total. The summed E-state index contributed by atoms with van der Waals surface area (Å²) in [6, 6.07) is 6.05. The van der Waals surface area contributed by atoms with Crippen molar-refractivity contribution < 1.29 is 18.9 Å².